The minimum atomic E-state index is -0.453. The van der Waals surface area contributed by atoms with Crippen molar-refractivity contribution in [1.82, 2.24) is 14.8 Å². The van der Waals surface area contributed by atoms with Crippen molar-refractivity contribution in [2.45, 2.75) is 40.5 Å². The molecule has 2 aromatic heterocycles. The van der Waals surface area contributed by atoms with Gasteiger partial charge in [0.15, 0.2) is 5.65 Å². The zero-order valence-corrected chi connectivity index (χ0v) is 19.9. The number of aromatic nitrogens is 3. The number of para-hydroxylation sites is 2. The first-order valence-electron chi connectivity index (χ1n) is 11.4. The number of rotatable bonds is 7. The standard InChI is InChI=1S/C27H28N4O3/c1-5-34-27(33)22-13-9-10-14-23(22)29-24(32)16-15-21-17(2)25-19(4)30-31(26(25)28-18(21)3)20-11-7-6-8-12-20/h6-14H,5,15-16H2,1-4H3,(H,29,32). The van der Waals surface area contributed by atoms with Crippen LogP contribution in [-0.4, -0.2) is 33.2 Å². The first-order chi connectivity index (χ1) is 16.4. The maximum Gasteiger partial charge on any atom is 0.340 e. The lowest BCUT2D eigenvalue weighted by Gasteiger charge is -2.13. The number of nitrogens with zero attached hydrogens (tertiary/aromatic N) is 3. The average Bonchev–Trinajstić information content (AvgIpc) is 3.16. The van der Waals surface area contributed by atoms with Gasteiger partial charge in [0.1, 0.15) is 0 Å². The molecule has 7 nitrogen and oxygen atoms in total. The molecule has 0 fully saturated rings. The second kappa shape index (κ2) is 9.87. The second-order valence-corrected chi connectivity index (χ2v) is 8.15. The van der Waals surface area contributed by atoms with E-state index >= 15 is 0 Å². The summed E-state index contributed by atoms with van der Waals surface area (Å²) in [5.74, 6) is -0.627. The van der Waals surface area contributed by atoms with E-state index in [0.717, 1.165) is 39.2 Å². The fraction of sp³-hybridized carbons (Fsp3) is 0.259. The molecule has 2 aromatic carbocycles. The van der Waals surface area contributed by atoms with Gasteiger partial charge in [-0.15, -0.1) is 0 Å². The van der Waals surface area contributed by atoms with E-state index in [2.05, 4.69) is 12.2 Å². The van der Waals surface area contributed by atoms with E-state index in [1.165, 1.54) is 0 Å². The Morgan fingerprint density at radius 2 is 1.68 bits per heavy atom. The van der Waals surface area contributed by atoms with Crippen molar-refractivity contribution in [1.29, 1.82) is 0 Å². The van der Waals surface area contributed by atoms with Crippen LogP contribution < -0.4 is 5.32 Å². The number of fused-ring (bicyclic) bond motifs is 1. The predicted molar refractivity (Wildman–Crippen MR) is 132 cm³/mol. The number of nitrogens with one attached hydrogen (secondary N) is 1. The Morgan fingerprint density at radius 1 is 0.971 bits per heavy atom. The molecule has 1 amide bonds. The summed E-state index contributed by atoms with van der Waals surface area (Å²) in [5, 5.41) is 8.59. The van der Waals surface area contributed by atoms with Gasteiger partial charge in [-0.2, -0.15) is 5.10 Å². The van der Waals surface area contributed by atoms with Crippen LogP contribution in [0.1, 0.15) is 46.2 Å². The van der Waals surface area contributed by atoms with Crippen LogP contribution in [-0.2, 0) is 16.0 Å². The van der Waals surface area contributed by atoms with E-state index in [-0.39, 0.29) is 18.9 Å². The molecule has 0 saturated heterocycles. The third-order valence-corrected chi connectivity index (χ3v) is 5.87. The fourth-order valence-corrected chi connectivity index (χ4v) is 4.25. The number of anilines is 1. The summed E-state index contributed by atoms with van der Waals surface area (Å²) in [6.07, 6.45) is 0.794. The van der Waals surface area contributed by atoms with Gasteiger partial charge in [-0.3, -0.25) is 4.79 Å². The van der Waals surface area contributed by atoms with E-state index in [1.54, 1.807) is 31.2 Å². The van der Waals surface area contributed by atoms with Gasteiger partial charge < -0.3 is 10.1 Å². The minimum Gasteiger partial charge on any atom is -0.462 e. The number of hydrogen-bond donors (Lipinski definition) is 1. The van der Waals surface area contributed by atoms with Gasteiger partial charge in [-0.25, -0.2) is 14.5 Å². The molecule has 4 rings (SSSR count). The summed E-state index contributed by atoms with van der Waals surface area (Å²) in [4.78, 5) is 29.8. The molecule has 0 radical (unpaired) electrons. The van der Waals surface area contributed by atoms with Crippen molar-refractivity contribution < 1.29 is 14.3 Å². The summed E-state index contributed by atoms with van der Waals surface area (Å²) in [7, 11) is 0. The van der Waals surface area contributed by atoms with Crippen molar-refractivity contribution >= 4 is 28.6 Å². The van der Waals surface area contributed by atoms with Gasteiger partial charge in [0.25, 0.3) is 0 Å². The molecule has 174 valence electrons. The largest absolute Gasteiger partial charge is 0.462 e. The van der Waals surface area contributed by atoms with Crippen LogP contribution in [0.4, 0.5) is 5.69 Å². The van der Waals surface area contributed by atoms with Crippen molar-refractivity contribution in [3.8, 4) is 5.69 Å². The van der Waals surface area contributed by atoms with Crippen LogP contribution in [0.25, 0.3) is 16.7 Å². The molecule has 0 aliphatic rings. The van der Waals surface area contributed by atoms with Crippen LogP contribution in [0.5, 0.6) is 0 Å². The summed E-state index contributed by atoms with van der Waals surface area (Å²) in [6, 6.07) is 16.8. The average molecular weight is 457 g/mol. The highest BCUT2D eigenvalue weighted by atomic mass is 16.5. The molecule has 0 bridgehead atoms. The predicted octanol–water partition coefficient (Wildman–Crippen LogP) is 5.09. The third kappa shape index (κ3) is 4.55. The zero-order valence-electron chi connectivity index (χ0n) is 19.9. The number of pyridine rings is 1. The first kappa shape index (κ1) is 23.2. The SMILES string of the molecule is CCOC(=O)c1ccccc1NC(=O)CCc1c(C)nc2c(c(C)nn2-c2ccccc2)c1C. The Labute approximate surface area is 198 Å². The molecule has 0 unspecified atom stereocenters. The lowest BCUT2D eigenvalue weighted by molar-refractivity contribution is -0.116. The monoisotopic (exact) mass is 456 g/mol. The number of carbonyl (C=O) groups excluding carboxylic acids is 2. The van der Waals surface area contributed by atoms with E-state index in [4.69, 9.17) is 14.8 Å². The van der Waals surface area contributed by atoms with E-state index in [0.29, 0.717) is 17.7 Å². The summed E-state index contributed by atoms with van der Waals surface area (Å²) in [5.41, 5.74) is 6.47. The molecular formula is C27H28N4O3. The van der Waals surface area contributed by atoms with Crippen molar-refractivity contribution in [3.63, 3.8) is 0 Å². The van der Waals surface area contributed by atoms with Gasteiger partial charge in [0.05, 0.1) is 29.2 Å². The second-order valence-electron chi connectivity index (χ2n) is 8.15. The number of hydrogen-bond acceptors (Lipinski definition) is 5. The van der Waals surface area contributed by atoms with Gasteiger partial charge in [0.2, 0.25) is 5.91 Å². The Morgan fingerprint density at radius 3 is 2.41 bits per heavy atom. The quantitative estimate of drug-likeness (QED) is 0.391. The van der Waals surface area contributed by atoms with Crippen LogP contribution in [0.15, 0.2) is 54.6 Å². The number of amides is 1. The van der Waals surface area contributed by atoms with Gasteiger partial charge in [0, 0.05) is 17.5 Å². The van der Waals surface area contributed by atoms with Gasteiger partial charge in [-0.05, 0) is 69.5 Å². The molecule has 0 spiro atoms. The molecular weight excluding hydrogens is 428 g/mol. The van der Waals surface area contributed by atoms with Crippen LogP contribution in [0, 0.1) is 20.8 Å². The zero-order chi connectivity index (χ0) is 24.2. The van der Waals surface area contributed by atoms with Crippen molar-refractivity contribution in [3.05, 3.63) is 82.7 Å². The normalized spacial score (nSPS) is 10.9. The number of ether oxygens (including phenoxy) is 1. The minimum absolute atomic E-state index is 0.174. The smallest absolute Gasteiger partial charge is 0.340 e. The van der Waals surface area contributed by atoms with Crippen LogP contribution in [0.2, 0.25) is 0 Å². The summed E-state index contributed by atoms with van der Waals surface area (Å²) < 4.78 is 6.96. The van der Waals surface area contributed by atoms with E-state index in [1.807, 2.05) is 48.9 Å². The molecule has 4 aromatic rings. The Kier molecular flexibility index (Phi) is 6.72. The number of benzene rings is 2. The Bertz CT molecular complexity index is 1360. The Hall–Kier alpha value is -4.00. The molecule has 34 heavy (non-hydrogen) atoms. The maximum atomic E-state index is 12.8. The van der Waals surface area contributed by atoms with Crippen LogP contribution >= 0.6 is 0 Å². The summed E-state index contributed by atoms with van der Waals surface area (Å²) >= 11 is 0. The number of carbonyl (C=O) groups is 2. The highest BCUT2D eigenvalue weighted by Gasteiger charge is 2.19. The first-order valence-corrected chi connectivity index (χ1v) is 11.4. The molecule has 7 heteroatoms. The lowest BCUT2D eigenvalue weighted by Crippen LogP contribution is -2.16. The topological polar surface area (TPSA) is 86.1 Å². The van der Waals surface area contributed by atoms with Gasteiger partial charge >= 0.3 is 5.97 Å². The molecule has 0 aliphatic carbocycles. The molecule has 0 aliphatic heterocycles. The van der Waals surface area contributed by atoms with E-state index in [9.17, 15) is 9.59 Å². The van der Waals surface area contributed by atoms with Crippen molar-refractivity contribution in [2.75, 3.05) is 11.9 Å². The third-order valence-electron chi connectivity index (χ3n) is 5.87. The summed E-state index contributed by atoms with van der Waals surface area (Å²) in [6.45, 7) is 8.03. The molecule has 0 saturated carbocycles. The molecule has 0 atom stereocenters. The highest BCUT2D eigenvalue weighted by molar-refractivity contribution is 6.01. The lowest BCUT2D eigenvalue weighted by atomic mass is 9.99. The van der Waals surface area contributed by atoms with E-state index < -0.39 is 5.97 Å². The fourth-order valence-electron chi connectivity index (χ4n) is 4.25. The molecule has 1 N–H and O–H groups in total. The van der Waals surface area contributed by atoms with Crippen LogP contribution in [0.3, 0.4) is 0 Å². The number of esters is 1. The number of aryl methyl sites for hydroxylation is 3. The highest BCUT2D eigenvalue weighted by Crippen LogP contribution is 2.28. The maximum absolute atomic E-state index is 12.8. The molecule has 2 heterocycles. The van der Waals surface area contributed by atoms with Gasteiger partial charge in [-0.1, -0.05) is 30.3 Å². The van der Waals surface area contributed by atoms with Crippen molar-refractivity contribution in [2.24, 2.45) is 0 Å². The Balaban J connectivity index is 1.56.